The summed E-state index contributed by atoms with van der Waals surface area (Å²) in [6, 6.07) is 10.6. The Hall–Kier alpha value is -1.77. The third kappa shape index (κ3) is 4.12. The van der Waals surface area contributed by atoms with Crippen molar-refractivity contribution >= 4 is 5.97 Å². The van der Waals surface area contributed by atoms with E-state index in [2.05, 4.69) is 35.1 Å². The van der Waals surface area contributed by atoms with Gasteiger partial charge in [-0.15, -0.1) is 0 Å². The highest BCUT2D eigenvalue weighted by Crippen LogP contribution is 2.33. The minimum Gasteiger partial charge on any atom is -0.498 e. The van der Waals surface area contributed by atoms with E-state index >= 15 is 0 Å². The molecule has 1 aliphatic carbocycles. The van der Waals surface area contributed by atoms with Crippen LogP contribution in [0.4, 0.5) is 0 Å². The largest absolute Gasteiger partial charge is 0.498 e. The summed E-state index contributed by atoms with van der Waals surface area (Å²) in [5.74, 6) is 0.267. The van der Waals surface area contributed by atoms with E-state index in [0.29, 0.717) is 5.92 Å². The second-order valence-corrected chi connectivity index (χ2v) is 4.85. The summed E-state index contributed by atoms with van der Waals surface area (Å²) < 4.78 is 10.1. The lowest BCUT2D eigenvalue weighted by Gasteiger charge is -2.28. The predicted octanol–water partition coefficient (Wildman–Crippen LogP) is 3.42. The van der Waals surface area contributed by atoms with Crippen molar-refractivity contribution in [2.75, 3.05) is 7.11 Å². The third-order valence-corrected chi connectivity index (χ3v) is 3.62. The van der Waals surface area contributed by atoms with Gasteiger partial charge in [0.1, 0.15) is 0 Å². The van der Waals surface area contributed by atoms with Gasteiger partial charge in [-0.2, -0.15) is 0 Å². The van der Waals surface area contributed by atoms with Crippen LogP contribution in [0.3, 0.4) is 0 Å². The molecule has 0 atom stereocenters. The van der Waals surface area contributed by atoms with E-state index in [-0.39, 0.29) is 12.1 Å². The van der Waals surface area contributed by atoms with E-state index in [1.807, 2.05) is 0 Å². The van der Waals surface area contributed by atoms with Gasteiger partial charge in [0, 0.05) is 0 Å². The molecule has 0 spiro atoms. The summed E-state index contributed by atoms with van der Waals surface area (Å²) in [6.07, 6.45) is 7.35. The second kappa shape index (κ2) is 6.98. The molecule has 1 aromatic carbocycles. The van der Waals surface area contributed by atoms with E-state index in [4.69, 9.17) is 4.74 Å². The minimum atomic E-state index is -0.377. The molecule has 0 unspecified atom stereocenters. The molecule has 3 nitrogen and oxygen atoms in total. The van der Waals surface area contributed by atoms with Gasteiger partial charge in [-0.1, -0.05) is 30.3 Å². The summed E-state index contributed by atoms with van der Waals surface area (Å²) in [7, 11) is 1.36. The molecule has 102 valence electrons. The zero-order valence-corrected chi connectivity index (χ0v) is 11.2. The highest BCUT2D eigenvalue weighted by atomic mass is 16.5. The summed E-state index contributed by atoms with van der Waals surface area (Å²) in [6.45, 7) is 0. The van der Waals surface area contributed by atoms with Gasteiger partial charge in [-0.25, -0.2) is 4.79 Å². The van der Waals surface area contributed by atoms with Crippen molar-refractivity contribution in [1.29, 1.82) is 0 Å². The maximum absolute atomic E-state index is 10.9. The summed E-state index contributed by atoms with van der Waals surface area (Å²) in [5, 5.41) is 0. The summed E-state index contributed by atoms with van der Waals surface area (Å²) in [4.78, 5) is 10.9. The maximum Gasteiger partial charge on any atom is 0.333 e. The molecule has 19 heavy (non-hydrogen) atoms. The van der Waals surface area contributed by atoms with Crippen LogP contribution in [0.25, 0.3) is 0 Å². The van der Waals surface area contributed by atoms with Crippen molar-refractivity contribution in [3.63, 3.8) is 0 Å². The quantitative estimate of drug-likeness (QED) is 0.473. The number of carbonyl (C=O) groups excluding carboxylic acids is 1. The molecule has 0 aliphatic heterocycles. The Balaban J connectivity index is 1.77. The van der Waals surface area contributed by atoms with Gasteiger partial charge in [0.15, 0.2) is 0 Å². The van der Waals surface area contributed by atoms with Crippen LogP contribution in [0.2, 0.25) is 0 Å². The first-order chi connectivity index (χ1) is 9.29. The van der Waals surface area contributed by atoms with E-state index in [1.165, 1.54) is 25.0 Å². The van der Waals surface area contributed by atoms with Crippen molar-refractivity contribution < 1.29 is 14.3 Å². The number of hydrogen-bond acceptors (Lipinski definition) is 3. The smallest absolute Gasteiger partial charge is 0.333 e. The van der Waals surface area contributed by atoms with Crippen molar-refractivity contribution in [2.24, 2.45) is 0 Å². The van der Waals surface area contributed by atoms with Crippen LogP contribution in [0, 0.1) is 0 Å². The Bertz CT molecular complexity index is 417. The van der Waals surface area contributed by atoms with Gasteiger partial charge >= 0.3 is 5.97 Å². The van der Waals surface area contributed by atoms with Gasteiger partial charge in [0.2, 0.25) is 0 Å². The van der Waals surface area contributed by atoms with Crippen LogP contribution in [-0.4, -0.2) is 19.2 Å². The molecule has 2 rings (SSSR count). The number of benzene rings is 1. The lowest BCUT2D eigenvalue weighted by Crippen LogP contribution is -2.19. The first kappa shape index (κ1) is 13.7. The van der Waals surface area contributed by atoms with Crippen molar-refractivity contribution in [3.05, 3.63) is 48.2 Å². The Kier molecular flexibility index (Phi) is 5.01. The lowest BCUT2D eigenvalue weighted by molar-refractivity contribution is -0.135. The Morgan fingerprint density at radius 1 is 1.16 bits per heavy atom. The molecule has 3 heteroatoms. The van der Waals surface area contributed by atoms with E-state index in [1.54, 1.807) is 0 Å². The first-order valence-corrected chi connectivity index (χ1v) is 6.74. The molecular formula is C16H20O3. The number of carbonyl (C=O) groups is 1. The number of rotatable bonds is 4. The molecule has 1 fully saturated rings. The first-order valence-electron chi connectivity index (χ1n) is 6.74. The minimum absolute atomic E-state index is 0.223. The third-order valence-electron chi connectivity index (χ3n) is 3.62. The van der Waals surface area contributed by atoms with Gasteiger partial charge in [0.25, 0.3) is 0 Å². The van der Waals surface area contributed by atoms with Crippen LogP contribution in [-0.2, 0) is 14.3 Å². The molecule has 0 amide bonds. The molecule has 1 aliphatic rings. The standard InChI is InChI=1S/C16H20O3/c1-18-16(17)11-12-19-15-9-7-14(8-10-15)13-5-3-2-4-6-13/h2-6,11-12,14-15H,7-10H2,1H3/b12-11+/t14-,15+. The molecule has 0 heterocycles. The van der Waals surface area contributed by atoms with E-state index in [9.17, 15) is 4.79 Å². The number of ether oxygens (including phenoxy) is 2. The zero-order valence-electron chi connectivity index (χ0n) is 11.2. The molecular weight excluding hydrogens is 240 g/mol. The average Bonchev–Trinajstić information content (AvgIpc) is 2.48. The van der Waals surface area contributed by atoms with Crippen LogP contribution in [0.15, 0.2) is 42.7 Å². The predicted molar refractivity (Wildman–Crippen MR) is 73.7 cm³/mol. The molecule has 0 aromatic heterocycles. The fourth-order valence-corrected chi connectivity index (χ4v) is 2.53. The SMILES string of the molecule is COC(=O)/C=C/O[C@H]1CC[C@@H](c2ccccc2)CC1. The number of hydrogen-bond donors (Lipinski definition) is 0. The van der Waals surface area contributed by atoms with Crippen molar-refractivity contribution in [3.8, 4) is 0 Å². The molecule has 1 saturated carbocycles. The van der Waals surface area contributed by atoms with Crippen LogP contribution >= 0.6 is 0 Å². The second-order valence-electron chi connectivity index (χ2n) is 4.85. The van der Waals surface area contributed by atoms with Gasteiger partial charge in [0.05, 0.1) is 25.6 Å². The molecule has 1 aromatic rings. The zero-order chi connectivity index (χ0) is 13.5. The fourth-order valence-electron chi connectivity index (χ4n) is 2.53. The average molecular weight is 260 g/mol. The number of esters is 1. The van der Waals surface area contributed by atoms with E-state index in [0.717, 1.165) is 25.7 Å². The highest BCUT2D eigenvalue weighted by molar-refractivity contribution is 5.81. The number of methoxy groups -OCH3 is 1. The monoisotopic (exact) mass is 260 g/mol. The fraction of sp³-hybridized carbons (Fsp3) is 0.438. The topological polar surface area (TPSA) is 35.5 Å². The van der Waals surface area contributed by atoms with Gasteiger partial charge in [-0.3, -0.25) is 0 Å². The van der Waals surface area contributed by atoms with Gasteiger partial charge in [-0.05, 0) is 37.2 Å². The molecule has 0 N–H and O–H groups in total. The summed E-state index contributed by atoms with van der Waals surface area (Å²) in [5.41, 5.74) is 1.42. The van der Waals surface area contributed by atoms with Crippen molar-refractivity contribution in [2.45, 2.75) is 37.7 Å². The summed E-state index contributed by atoms with van der Waals surface area (Å²) >= 11 is 0. The maximum atomic E-state index is 10.9. The van der Waals surface area contributed by atoms with E-state index < -0.39 is 0 Å². The lowest BCUT2D eigenvalue weighted by atomic mass is 9.83. The molecule has 0 saturated heterocycles. The van der Waals surface area contributed by atoms with Crippen molar-refractivity contribution in [1.82, 2.24) is 0 Å². The van der Waals surface area contributed by atoms with Crippen LogP contribution in [0.5, 0.6) is 0 Å². The Labute approximate surface area is 114 Å². The molecule has 0 bridgehead atoms. The highest BCUT2D eigenvalue weighted by Gasteiger charge is 2.22. The Morgan fingerprint density at radius 2 is 1.84 bits per heavy atom. The normalized spacial score (nSPS) is 23.2. The van der Waals surface area contributed by atoms with Crippen LogP contribution < -0.4 is 0 Å². The molecule has 0 radical (unpaired) electrons. The Morgan fingerprint density at radius 3 is 2.47 bits per heavy atom. The van der Waals surface area contributed by atoms with Crippen LogP contribution in [0.1, 0.15) is 37.2 Å². The van der Waals surface area contributed by atoms with Gasteiger partial charge < -0.3 is 9.47 Å².